The van der Waals surface area contributed by atoms with Crippen molar-refractivity contribution >= 4 is 34.3 Å². The first-order valence-corrected chi connectivity index (χ1v) is 7.06. The first-order chi connectivity index (χ1) is 9.20. The molecule has 1 saturated carbocycles. The SMILES string of the molecule is Fc1ccc(Nc2nnc(CNC3CC3)o2)c(I)c1. The minimum atomic E-state index is -0.269. The van der Waals surface area contributed by atoms with Crippen LogP contribution in [0, 0.1) is 9.39 Å². The summed E-state index contributed by atoms with van der Waals surface area (Å²) >= 11 is 2.05. The third-order valence-corrected chi connectivity index (χ3v) is 3.65. The average Bonchev–Trinajstić information content (AvgIpc) is 3.10. The Balaban J connectivity index is 1.65. The fourth-order valence-electron chi connectivity index (χ4n) is 1.60. The summed E-state index contributed by atoms with van der Waals surface area (Å²) in [7, 11) is 0. The number of halogens is 2. The maximum Gasteiger partial charge on any atom is 0.320 e. The lowest BCUT2D eigenvalue weighted by molar-refractivity contribution is 0.478. The average molecular weight is 374 g/mol. The van der Waals surface area contributed by atoms with Gasteiger partial charge in [0.1, 0.15) is 5.82 Å². The second kappa shape index (κ2) is 5.41. The molecule has 0 aliphatic heterocycles. The molecule has 1 aliphatic carbocycles. The van der Waals surface area contributed by atoms with Crippen molar-refractivity contribution in [2.45, 2.75) is 25.4 Å². The third-order valence-electron chi connectivity index (χ3n) is 2.76. The van der Waals surface area contributed by atoms with Crippen LogP contribution in [0.1, 0.15) is 18.7 Å². The van der Waals surface area contributed by atoms with E-state index in [0.717, 1.165) is 9.26 Å². The van der Waals surface area contributed by atoms with Crippen LogP contribution in [0.2, 0.25) is 0 Å². The van der Waals surface area contributed by atoms with Gasteiger partial charge in [-0.05, 0) is 53.6 Å². The monoisotopic (exact) mass is 374 g/mol. The van der Waals surface area contributed by atoms with Gasteiger partial charge in [-0.25, -0.2) is 4.39 Å². The summed E-state index contributed by atoms with van der Waals surface area (Å²) in [5, 5.41) is 14.1. The predicted molar refractivity (Wildman–Crippen MR) is 76.6 cm³/mol. The number of aromatic nitrogens is 2. The van der Waals surface area contributed by atoms with Gasteiger partial charge in [-0.3, -0.25) is 0 Å². The summed E-state index contributed by atoms with van der Waals surface area (Å²) in [5.41, 5.74) is 0.743. The number of benzene rings is 1. The number of nitrogens with zero attached hydrogens (tertiary/aromatic N) is 2. The second-order valence-electron chi connectivity index (χ2n) is 4.41. The Morgan fingerprint density at radius 3 is 2.95 bits per heavy atom. The van der Waals surface area contributed by atoms with Crippen molar-refractivity contribution in [3.05, 3.63) is 33.5 Å². The van der Waals surface area contributed by atoms with Crippen molar-refractivity contribution in [2.75, 3.05) is 5.32 Å². The zero-order chi connectivity index (χ0) is 13.2. The van der Waals surface area contributed by atoms with E-state index in [1.54, 1.807) is 6.07 Å². The smallest absolute Gasteiger partial charge is 0.320 e. The van der Waals surface area contributed by atoms with E-state index in [0.29, 0.717) is 24.5 Å². The highest BCUT2D eigenvalue weighted by Crippen LogP contribution is 2.23. The van der Waals surface area contributed by atoms with Gasteiger partial charge in [0.25, 0.3) is 0 Å². The van der Waals surface area contributed by atoms with E-state index in [4.69, 9.17) is 4.42 Å². The Hall–Kier alpha value is -1.22. The summed E-state index contributed by atoms with van der Waals surface area (Å²) < 4.78 is 19.2. The van der Waals surface area contributed by atoms with Crippen molar-refractivity contribution in [1.82, 2.24) is 15.5 Å². The molecule has 0 unspecified atom stereocenters. The van der Waals surface area contributed by atoms with E-state index in [1.165, 1.54) is 25.0 Å². The highest BCUT2D eigenvalue weighted by Gasteiger charge is 2.21. The Kier molecular flexibility index (Phi) is 3.65. The van der Waals surface area contributed by atoms with Crippen molar-refractivity contribution in [2.24, 2.45) is 0 Å². The highest BCUT2D eigenvalue weighted by atomic mass is 127. The van der Waals surface area contributed by atoms with Gasteiger partial charge in [0.15, 0.2) is 0 Å². The molecule has 0 saturated heterocycles. The van der Waals surface area contributed by atoms with Gasteiger partial charge in [0.2, 0.25) is 5.89 Å². The standard InChI is InChI=1S/C12H12FIN4O/c13-7-1-4-10(9(14)5-7)16-12-18-17-11(19-12)6-15-8-2-3-8/h1,4-5,8,15H,2-3,6H2,(H,16,18). The van der Waals surface area contributed by atoms with Gasteiger partial charge in [-0.1, -0.05) is 5.10 Å². The van der Waals surface area contributed by atoms with Crippen LogP contribution < -0.4 is 10.6 Å². The van der Waals surface area contributed by atoms with E-state index in [2.05, 4.69) is 20.8 Å². The topological polar surface area (TPSA) is 63.0 Å². The van der Waals surface area contributed by atoms with Crippen molar-refractivity contribution in [3.63, 3.8) is 0 Å². The maximum absolute atomic E-state index is 13.0. The van der Waals surface area contributed by atoms with Crippen molar-refractivity contribution in [1.29, 1.82) is 0 Å². The highest BCUT2D eigenvalue weighted by molar-refractivity contribution is 14.1. The molecule has 2 N–H and O–H groups in total. The Morgan fingerprint density at radius 2 is 2.21 bits per heavy atom. The van der Waals surface area contributed by atoms with Crippen LogP contribution in [0.5, 0.6) is 0 Å². The fraction of sp³-hybridized carbons (Fsp3) is 0.333. The van der Waals surface area contributed by atoms with Crippen LogP contribution in [0.3, 0.4) is 0 Å². The lowest BCUT2D eigenvalue weighted by Gasteiger charge is -2.03. The molecule has 1 heterocycles. The molecule has 0 radical (unpaired) electrons. The molecular weight excluding hydrogens is 362 g/mol. The van der Waals surface area contributed by atoms with Crippen LogP contribution >= 0.6 is 22.6 Å². The molecule has 1 fully saturated rings. The zero-order valence-electron chi connectivity index (χ0n) is 9.99. The van der Waals surface area contributed by atoms with Gasteiger partial charge in [0, 0.05) is 9.61 Å². The number of hydrogen-bond acceptors (Lipinski definition) is 5. The summed E-state index contributed by atoms with van der Waals surface area (Å²) in [6, 6.07) is 5.38. The van der Waals surface area contributed by atoms with E-state index in [-0.39, 0.29) is 5.82 Å². The Labute approximate surface area is 123 Å². The van der Waals surface area contributed by atoms with Crippen molar-refractivity contribution in [3.8, 4) is 0 Å². The molecular formula is C12H12FIN4O. The molecule has 19 heavy (non-hydrogen) atoms. The van der Waals surface area contributed by atoms with Gasteiger partial charge in [0.05, 0.1) is 12.2 Å². The molecule has 0 spiro atoms. The Bertz CT molecular complexity index is 585. The van der Waals surface area contributed by atoms with Crippen LogP contribution in [0.4, 0.5) is 16.1 Å². The number of nitrogens with one attached hydrogen (secondary N) is 2. The summed E-state index contributed by atoms with van der Waals surface area (Å²) in [6.07, 6.45) is 2.43. The minimum Gasteiger partial charge on any atom is -0.406 e. The summed E-state index contributed by atoms with van der Waals surface area (Å²) in [4.78, 5) is 0. The van der Waals surface area contributed by atoms with Gasteiger partial charge < -0.3 is 15.1 Å². The van der Waals surface area contributed by atoms with Crippen molar-refractivity contribution < 1.29 is 8.81 Å². The lowest BCUT2D eigenvalue weighted by atomic mass is 10.3. The minimum absolute atomic E-state index is 0.269. The van der Waals surface area contributed by atoms with Gasteiger partial charge >= 0.3 is 6.01 Å². The van der Waals surface area contributed by atoms with Gasteiger partial charge in [-0.2, -0.15) is 0 Å². The number of hydrogen-bond donors (Lipinski definition) is 2. The number of rotatable bonds is 5. The largest absolute Gasteiger partial charge is 0.406 e. The molecule has 1 aliphatic rings. The van der Waals surface area contributed by atoms with Crippen LogP contribution in [-0.2, 0) is 6.54 Å². The molecule has 1 aromatic heterocycles. The first kappa shape index (κ1) is 12.8. The zero-order valence-corrected chi connectivity index (χ0v) is 12.1. The predicted octanol–water partition coefficient (Wildman–Crippen LogP) is 2.81. The number of anilines is 2. The fourth-order valence-corrected chi connectivity index (χ4v) is 2.21. The summed E-state index contributed by atoms with van der Waals surface area (Å²) in [6.45, 7) is 0.583. The van der Waals surface area contributed by atoms with E-state index in [1.807, 2.05) is 22.6 Å². The normalized spacial score (nSPS) is 14.6. The van der Waals surface area contributed by atoms with E-state index in [9.17, 15) is 4.39 Å². The quantitative estimate of drug-likeness (QED) is 0.789. The molecule has 5 nitrogen and oxygen atoms in total. The Morgan fingerprint density at radius 1 is 1.37 bits per heavy atom. The van der Waals surface area contributed by atoms with E-state index < -0.39 is 0 Å². The lowest BCUT2D eigenvalue weighted by Crippen LogP contribution is -2.15. The molecule has 1 aromatic carbocycles. The third kappa shape index (κ3) is 3.41. The van der Waals surface area contributed by atoms with Crippen LogP contribution in [0.25, 0.3) is 0 Å². The van der Waals surface area contributed by atoms with Gasteiger partial charge in [-0.15, -0.1) is 5.10 Å². The molecule has 2 aromatic rings. The van der Waals surface area contributed by atoms with Crippen LogP contribution in [-0.4, -0.2) is 16.2 Å². The molecule has 0 atom stereocenters. The first-order valence-electron chi connectivity index (χ1n) is 5.98. The second-order valence-corrected chi connectivity index (χ2v) is 5.57. The molecule has 3 rings (SSSR count). The molecule has 0 amide bonds. The van der Waals surface area contributed by atoms with E-state index >= 15 is 0 Å². The molecule has 7 heteroatoms. The molecule has 0 bridgehead atoms. The van der Waals surface area contributed by atoms with Crippen LogP contribution in [0.15, 0.2) is 22.6 Å². The maximum atomic E-state index is 13.0. The summed E-state index contributed by atoms with van der Waals surface area (Å²) in [5.74, 6) is 0.279. The molecule has 100 valence electrons.